The molecule has 420 valence electrons. The van der Waals surface area contributed by atoms with Gasteiger partial charge in [-0.1, -0.05) is 43.0 Å². The number of carbonyl (C=O) groups is 1. The van der Waals surface area contributed by atoms with E-state index in [1.807, 2.05) is 44.2 Å². The number of anilines is 2. The van der Waals surface area contributed by atoms with E-state index in [0.29, 0.717) is 97.0 Å². The van der Waals surface area contributed by atoms with E-state index >= 15 is 0 Å². The standard InChI is InChI=1S/C56H61N5O8S3.C5H12O2/c1-7-60-23-27-65-32-31-64-26-22-57-46-17-8-39(4)34-49(46)66-28-24-61(25-29-67-50-35-40(5)9-18-47(50)60)48-19-11-41(36-51(48)68-33-30-63-6)10-12-42-13-20-52(70-42)44-15-16-45(55-54(44)58-72-59-55)53-21-14-43(71-53)37-69-56(62)38(2)3;1-3-7-5-4-6-2/h8-22,34-36H,2,7,23-33,37H2,1,3-6H3;3-5H2,1-2H3/b12-10+,57-22?;. The maximum absolute atomic E-state index is 12.0. The van der Waals surface area contributed by atoms with Crippen molar-refractivity contribution in [1.29, 1.82) is 0 Å². The highest BCUT2D eigenvalue weighted by molar-refractivity contribution is 7.16. The summed E-state index contributed by atoms with van der Waals surface area (Å²) >= 11 is 4.47. The van der Waals surface area contributed by atoms with E-state index in [-0.39, 0.29) is 6.61 Å². The number of ether oxygens (including phenoxy) is 9. The lowest BCUT2D eigenvalue weighted by Gasteiger charge is -2.29. The molecule has 0 amide bonds. The summed E-state index contributed by atoms with van der Waals surface area (Å²) in [5.74, 6) is 1.86. The molecule has 18 heteroatoms. The molecule has 0 saturated heterocycles. The Morgan fingerprint density at radius 2 is 1.39 bits per heavy atom. The zero-order valence-corrected chi connectivity index (χ0v) is 48.9. The number of likely N-dealkylation sites (N-methyl/N-ethyl adjacent to an activating group) is 1. The molecule has 79 heavy (non-hydrogen) atoms. The minimum Gasteiger partial charge on any atom is -0.490 e. The normalized spacial score (nSPS) is 13.9. The van der Waals surface area contributed by atoms with Gasteiger partial charge in [0, 0.05) is 76.3 Å². The Morgan fingerprint density at radius 1 is 0.709 bits per heavy atom. The second kappa shape index (κ2) is 31.9. The fourth-order valence-electron chi connectivity index (χ4n) is 8.26. The first-order chi connectivity index (χ1) is 38.6. The van der Waals surface area contributed by atoms with Crippen molar-refractivity contribution in [3.63, 3.8) is 0 Å². The Balaban J connectivity index is 0.00000121. The van der Waals surface area contributed by atoms with Crippen LogP contribution in [0.1, 0.15) is 47.2 Å². The summed E-state index contributed by atoms with van der Waals surface area (Å²) < 4.78 is 61.4. The lowest BCUT2D eigenvalue weighted by atomic mass is 10.1. The molecule has 4 heterocycles. The number of hydrogen-bond acceptors (Lipinski definition) is 18. The number of fused-ring (bicyclic) bond motifs is 3. The number of aromatic nitrogens is 2. The molecule has 7 aromatic rings. The molecule has 15 nitrogen and oxygen atoms in total. The van der Waals surface area contributed by atoms with E-state index in [0.717, 1.165) is 100 Å². The van der Waals surface area contributed by atoms with Crippen LogP contribution in [0.25, 0.3) is 44.1 Å². The van der Waals surface area contributed by atoms with Crippen molar-refractivity contribution in [3.05, 3.63) is 130 Å². The number of methoxy groups -OCH3 is 2. The Kier molecular flexibility index (Phi) is 24.3. The van der Waals surface area contributed by atoms with E-state index in [2.05, 4.69) is 103 Å². The molecule has 0 saturated carbocycles. The van der Waals surface area contributed by atoms with Crippen LogP contribution in [0.4, 0.5) is 17.1 Å². The zero-order chi connectivity index (χ0) is 55.8. The third kappa shape index (κ3) is 18.0. The first-order valence-electron chi connectivity index (χ1n) is 26.5. The van der Waals surface area contributed by atoms with Gasteiger partial charge in [-0.2, -0.15) is 8.75 Å². The van der Waals surface area contributed by atoms with Gasteiger partial charge in [-0.15, -0.1) is 22.7 Å². The summed E-state index contributed by atoms with van der Waals surface area (Å²) in [6.07, 6.45) is 6.01. The fourth-order valence-corrected chi connectivity index (χ4v) is 10.7. The predicted octanol–water partition coefficient (Wildman–Crippen LogP) is 12.8. The Hall–Kier alpha value is -6.48. The van der Waals surface area contributed by atoms with Crippen molar-refractivity contribution >= 4 is 86.8 Å². The van der Waals surface area contributed by atoms with Crippen LogP contribution in [0.5, 0.6) is 17.2 Å². The topological polar surface area (TPSA) is 145 Å². The van der Waals surface area contributed by atoms with Crippen LogP contribution in [0.2, 0.25) is 0 Å². The van der Waals surface area contributed by atoms with Crippen LogP contribution < -0.4 is 24.0 Å². The average molecular weight is 1130 g/mol. The highest BCUT2D eigenvalue weighted by Crippen LogP contribution is 2.40. The quantitative estimate of drug-likeness (QED) is 0.0484. The molecule has 8 rings (SSSR count). The van der Waals surface area contributed by atoms with Gasteiger partial charge in [0.25, 0.3) is 0 Å². The lowest BCUT2D eigenvalue weighted by Crippen LogP contribution is -2.33. The smallest absolute Gasteiger partial charge is 0.333 e. The molecule has 1 aliphatic rings. The van der Waals surface area contributed by atoms with Crippen molar-refractivity contribution in [2.75, 3.05) is 123 Å². The van der Waals surface area contributed by atoms with Gasteiger partial charge in [0.2, 0.25) is 0 Å². The summed E-state index contributed by atoms with van der Waals surface area (Å²) in [4.78, 5) is 25.4. The van der Waals surface area contributed by atoms with E-state index < -0.39 is 5.97 Å². The van der Waals surface area contributed by atoms with Crippen LogP contribution in [0.3, 0.4) is 0 Å². The number of benzene rings is 4. The fraction of sp³-hybridized carbons (Fsp3) is 0.377. The van der Waals surface area contributed by atoms with Gasteiger partial charge in [-0.25, -0.2) is 4.79 Å². The molecule has 0 radical (unpaired) electrons. The maximum Gasteiger partial charge on any atom is 0.333 e. The first kappa shape index (κ1) is 60.2. The van der Waals surface area contributed by atoms with Gasteiger partial charge in [0.15, 0.2) is 0 Å². The van der Waals surface area contributed by atoms with Gasteiger partial charge in [-0.3, -0.25) is 4.99 Å². The van der Waals surface area contributed by atoms with Gasteiger partial charge < -0.3 is 52.4 Å². The highest BCUT2D eigenvalue weighted by Gasteiger charge is 2.19. The number of carbonyl (C=O) groups excluding carboxylic acids is 1. The molecule has 0 spiro atoms. The molecule has 1 aliphatic heterocycles. The second-order valence-electron chi connectivity index (χ2n) is 18.2. The summed E-state index contributed by atoms with van der Waals surface area (Å²) in [6.45, 7) is 22.1. The monoisotopic (exact) mass is 1130 g/mol. The van der Waals surface area contributed by atoms with E-state index in [1.54, 1.807) is 50.0 Å². The van der Waals surface area contributed by atoms with Gasteiger partial charge in [0.1, 0.15) is 60.4 Å². The second-order valence-corrected chi connectivity index (χ2v) is 21.1. The van der Waals surface area contributed by atoms with Gasteiger partial charge in [-0.05, 0) is 118 Å². The van der Waals surface area contributed by atoms with Crippen LogP contribution in [0, 0.1) is 13.8 Å². The molecule has 4 aromatic carbocycles. The van der Waals surface area contributed by atoms with Crippen molar-refractivity contribution in [2.45, 2.75) is 41.2 Å². The number of hydrogen-bond donors (Lipinski definition) is 0. The number of aryl methyl sites for hydroxylation is 2. The average Bonchev–Trinajstić information content (AvgIpc) is 4.45. The molecule has 0 bridgehead atoms. The van der Waals surface area contributed by atoms with Crippen LogP contribution >= 0.6 is 34.4 Å². The van der Waals surface area contributed by atoms with Crippen LogP contribution in [-0.2, 0) is 39.8 Å². The van der Waals surface area contributed by atoms with Crippen molar-refractivity contribution in [2.24, 2.45) is 4.99 Å². The van der Waals surface area contributed by atoms with Crippen molar-refractivity contribution in [3.8, 4) is 38.1 Å². The molecule has 3 aromatic heterocycles. The number of thiophene rings is 2. The SMILES string of the molecule is C=C(C)C(=O)OCc1ccc(-c2ccc(-c3ccc(/C=C/c4ccc(N5CCOc6cc(C)ccc6N=CCOCCOCCN(CC)c6ccc(C)cc6OCC5)c(OCCOC)c4)s3)c3nsnc23)s1.CCOCCOC. The molecule has 0 aliphatic carbocycles. The molecule has 0 unspecified atom stereocenters. The number of rotatable bonds is 17. The minimum atomic E-state index is -0.399. The minimum absolute atomic E-state index is 0.197. The first-order valence-corrected chi connectivity index (χ1v) is 28.9. The maximum atomic E-state index is 12.0. The Morgan fingerprint density at radius 3 is 2.13 bits per heavy atom. The molecule has 0 atom stereocenters. The van der Waals surface area contributed by atoms with E-state index in [1.165, 1.54) is 11.7 Å². The summed E-state index contributed by atoms with van der Waals surface area (Å²) in [7, 11) is 3.34. The molecule has 0 fully saturated rings. The largest absolute Gasteiger partial charge is 0.490 e. The molecular weight excluding hydrogens is 1060 g/mol. The van der Waals surface area contributed by atoms with E-state index in [4.69, 9.17) is 56.4 Å². The third-order valence-corrected chi connectivity index (χ3v) is 15.1. The number of nitrogens with zero attached hydrogens (tertiary/aromatic N) is 5. The lowest BCUT2D eigenvalue weighted by molar-refractivity contribution is -0.140. The Labute approximate surface area is 477 Å². The van der Waals surface area contributed by atoms with E-state index in [9.17, 15) is 4.79 Å². The summed E-state index contributed by atoms with van der Waals surface area (Å²) in [6, 6.07) is 31.2. The summed E-state index contributed by atoms with van der Waals surface area (Å²) in [5.41, 5.74) is 9.97. The third-order valence-electron chi connectivity index (χ3n) is 12.4. The van der Waals surface area contributed by atoms with Crippen molar-refractivity contribution in [1.82, 2.24) is 8.75 Å². The van der Waals surface area contributed by atoms with Gasteiger partial charge in [0.05, 0.1) is 82.4 Å². The Bertz CT molecular complexity index is 3090. The molecule has 0 N–H and O–H groups in total. The predicted molar refractivity (Wildman–Crippen MR) is 323 cm³/mol. The molecular formula is C61H73N5O10S3. The highest BCUT2D eigenvalue weighted by atomic mass is 32.1. The van der Waals surface area contributed by atoms with Crippen LogP contribution in [-0.4, -0.2) is 134 Å². The van der Waals surface area contributed by atoms with Crippen molar-refractivity contribution < 1.29 is 47.4 Å². The number of aliphatic imine (C=N–C) groups is 1. The van der Waals surface area contributed by atoms with Crippen LogP contribution in [0.15, 0.2) is 108 Å². The summed E-state index contributed by atoms with van der Waals surface area (Å²) in [5, 5.41) is 0. The zero-order valence-electron chi connectivity index (χ0n) is 46.5. The van der Waals surface area contributed by atoms with Gasteiger partial charge >= 0.3 is 5.97 Å². The number of esters is 1.